The maximum Gasteiger partial charge on any atom is 0.137 e. The van der Waals surface area contributed by atoms with Gasteiger partial charge in [-0.1, -0.05) is 30.3 Å². The van der Waals surface area contributed by atoms with E-state index in [1.54, 1.807) is 7.11 Å². The molecule has 2 aromatic rings. The van der Waals surface area contributed by atoms with Crippen LogP contribution in [0.4, 0.5) is 0 Å². The molecule has 0 radical (unpaired) electrons. The van der Waals surface area contributed by atoms with Crippen LogP contribution in [0.1, 0.15) is 18.5 Å². The van der Waals surface area contributed by atoms with Gasteiger partial charge in [-0.3, -0.25) is 0 Å². The molecule has 4 nitrogen and oxygen atoms in total. The lowest BCUT2D eigenvalue weighted by molar-refractivity contribution is -0.698. The van der Waals surface area contributed by atoms with Crippen LogP contribution >= 0.6 is 0 Å². The quantitative estimate of drug-likeness (QED) is 0.781. The third kappa shape index (κ3) is 5.06. The minimum absolute atomic E-state index is 0.282. The molecule has 3 N–H and O–H groups in total. The van der Waals surface area contributed by atoms with E-state index in [1.807, 2.05) is 42.5 Å². The molecule has 22 heavy (non-hydrogen) atoms. The highest BCUT2D eigenvalue weighted by atomic mass is 16.5. The Kier molecular flexibility index (Phi) is 6.25. The smallest absolute Gasteiger partial charge is 0.137 e. The summed E-state index contributed by atoms with van der Waals surface area (Å²) in [4.78, 5) is 0. The molecule has 0 heterocycles. The summed E-state index contributed by atoms with van der Waals surface area (Å²) in [5.74, 6) is 1.52. The Labute approximate surface area is 131 Å². The Morgan fingerprint density at radius 3 is 2.27 bits per heavy atom. The molecule has 0 saturated heterocycles. The molecule has 0 bridgehead atoms. The fraction of sp³-hybridized carbons (Fsp3) is 0.333. The van der Waals surface area contributed by atoms with Gasteiger partial charge in [-0.2, -0.15) is 0 Å². The first kappa shape index (κ1) is 16.3. The number of ether oxygens (including phenoxy) is 2. The van der Waals surface area contributed by atoms with Crippen LogP contribution in [0.15, 0.2) is 54.6 Å². The molecule has 0 unspecified atom stereocenters. The number of rotatable bonds is 8. The van der Waals surface area contributed by atoms with E-state index < -0.39 is 6.10 Å². The van der Waals surface area contributed by atoms with E-state index in [4.69, 9.17) is 9.47 Å². The van der Waals surface area contributed by atoms with Crippen molar-refractivity contribution in [3.05, 3.63) is 60.2 Å². The van der Waals surface area contributed by atoms with Gasteiger partial charge in [0.25, 0.3) is 0 Å². The van der Waals surface area contributed by atoms with Crippen LogP contribution in [0.3, 0.4) is 0 Å². The summed E-state index contributed by atoms with van der Waals surface area (Å²) in [7, 11) is 1.63. The molecule has 2 rings (SSSR count). The van der Waals surface area contributed by atoms with Crippen molar-refractivity contribution in [1.29, 1.82) is 0 Å². The lowest BCUT2D eigenvalue weighted by Crippen LogP contribution is -2.87. The molecular weight excluding hydrogens is 278 g/mol. The standard InChI is InChI=1S/C18H23NO3/c1-14(15-6-4-3-5-7-15)19-12-16(20)13-22-18-10-8-17(21-2)9-11-18/h3-11,14,16,19-20H,12-13H2,1-2H3/p+1/t14-,16+/m0/s1. The van der Waals surface area contributed by atoms with Gasteiger partial charge in [0, 0.05) is 5.56 Å². The highest BCUT2D eigenvalue weighted by Gasteiger charge is 2.12. The van der Waals surface area contributed by atoms with E-state index >= 15 is 0 Å². The van der Waals surface area contributed by atoms with Crippen LogP contribution < -0.4 is 14.8 Å². The van der Waals surface area contributed by atoms with E-state index in [1.165, 1.54) is 5.56 Å². The molecule has 2 atom stereocenters. The topological polar surface area (TPSA) is 55.3 Å². The van der Waals surface area contributed by atoms with E-state index in [-0.39, 0.29) is 6.61 Å². The molecule has 0 aromatic heterocycles. The average molecular weight is 302 g/mol. The minimum Gasteiger partial charge on any atom is -0.497 e. The molecule has 0 saturated carbocycles. The van der Waals surface area contributed by atoms with Crippen molar-refractivity contribution < 1.29 is 19.9 Å². The van der Waals surface area contributed by atoms with E-state index in [9.17, 15) is 5.11 Å². The second kappa shape index (κ2) is 8.41. The molecule has 0 aliphatic rings. The lowest BCUT2D eigenvalue weighted by Gasteiger charge is -2.15. The minimum atomic E-state index is -0.506. The van der Waals surface area contributed by atoms with Crippen molar-refractivity contribution in [3.63, 3.8) is 0 Å². The van der Waals surface area contributed by atoms with Gasteiger partial charge in [0.15, 0.2) is 0 Å². The molecule has 0 aliphatic heterocycles. The Bertz CT molecular complexity index is 542. The first-order valence-electron chi connectivity index (χ1n) is 7.52. The first-order chi connectivity index (χ1) is 10.7. The summed E-state index contributed by atoms with van der Waals surface area (Å²) in [6.45, 7) is 3.02. The van der Waals surface area contributed by atoms with Gasteiger partial charge in [-0.05, 0) is 31.2 Å². The van der Waals surface area contributed by atoms with Crippen LogP contribution in [-0.2, 0) is 0 Å². The Balaban J connectivity index is 1.72. The molecule has 0 amide bonds. The summed E-state index contributed by atoms with van der Waals surface area (Å²) in [5, 5.41) is 12.1. The Hall–Kier alpha value is -2.04. The van der Waals surface area contributed by atoms with Gasteiger partial charge in [-0.25, -0.2) is 0 Å². The third-order valence-corrected chi connectivity index (χ3v) is 3.59. The second-order valence-electron chi connectivity index (χ2n) is 5.31. The van der Waals surface area contributed by atoms with Gasteiger partial charge >= 0.3 is 0 Å². The SMILES string of the molecule is COc1ccc(OC[C@H](O)C[NH2+][C@@H](C)c2ccccc2)cc1. The van der Waals surface area contributed by atoms with Gasteiger partial charge in [0.05, 0.1) is 7.11 Å². The van der Waals surface area contributed by atoms with Crippen LogP contribution in [0.25, 0.3) is 0 Å². The molecule has 0 aliphatic carbocycles. The first-order valence-corrected chi connectivity index (χ1v) is 7.52. The van der Waals surface area contributed by atoms with E-state index in [0.717, 1.165) is 11.5 Å². The van der Waals surface area contributed by atoms with Crippen LogP contribution in [0.2, 0.25) is 0 Å². The Morgan fingerprint density at radius 1 is 1.00 bits per heavy atom. The fourth-order valence-corrected chi connectivity index (χ4v) is 2.19. The van der Waals surface area contributed by atoms with Gasteiger partial charge in [-0.15, -0.1) is 0 Å². The van der Waals surface area contributed by atoms with Crippen LogP contribution in [0.5, 0.6) is 11.5 Å². The summed E-state index contributed by atoms with van der Waals surface area (Å²) in [6, 6.07) is 17.9. The molecule has 118 valence electrons. The van der Waals surface area contributed by atoms with Crippen molar-refractivity contribution >= 4 is 0 Å². The van der Waals surface area contributed by atoms with Gasteiger partial charge in [0.1, 0.15) is 36.8 Å². The van der Waals surface area contributed by atoms with Gasteiger partial charge < -0.3 is 19.9 Å². The average Bonchev–Trinajstić information content (AvgIpc) is 2.59. The van der Waals surface area contributed by atoms with Gasteiger partial charge in [0.2, 0.25) is 0 Å². The van der Waals surface area contributed by atoms with Crippen molar-refractivity contribution in [2.24, 2.45) is 0 Å². The number of hydrogen-bond acceptors (Lipinski definition) is 3. The van der Waals surface area contributed by atoms with E-state index in [0.29, 0.717) is 12.6 Å². The number of hydrogen-bond donors (Lipinski definition) is 2. The van der Waals surface area contributed by atoms with E-state index in [2.05, 4.69) is 24.4 Å². The summed E-state index contributed by atoms with van der Waals surface area (Å²) < 4.78 is 10.7. The van der Waals surface area contributed by atoms with Crippen LogP contribution in [-0.4, -0.2) is 31.5 Å². The van der Waals surface area contributed by atoms with Crippen molar-refractivity contribution in [2.45, 2.75) is 19.1 Å². The maximum absolute atomic E-state index is 10.0. The zero-order valence-corrected chi connectivity index (χ0v) is 13.1. The molecule has 0 spiro atoms. The maximum atomic E-state index is 10.0. The summed E-state index contributed by atoms with van der Waals surface area (Å²) in [5.41, 5.74) is 1.26. The molecule has 0 fully saturated rings. The zero-order chi connectivity index (χ0) is 15.8. The lowest BCUT2D eigenvalue weighted by atomic mass is 10.1. The molecule has 2 aromatic carbocycles. The second-order valence-corrected chi connectivity index (χ2v) is 5.31. The predicted octanol–water partition coefficient (Wildman–Crippen LogP) is 1.76. The highest BCUT2D eigenvalue weighted by Crippen LogP contribution is 2.17. The molecule has 4 heteroatoms. The largest absolute Gasteiger partial charge is 0.497 e. The number of aliphatic hydroxyl groups excluding tert-OH is 1. The fourth-order valence-electron chi connectivity index (χ4n) is 2.19. The predicted molar refractivity (Wildman–Crippen MR) is 86.1 cm³/mol. The van der Waals surface area contributed by atoms with Crippen molar-refractivity contribution in [2.75, 3.05) is 20.3 Å². The van der Waals surface area contributed by atoms with Crippen molar-refractivity contribution in [3.8, 4) is 11.5 Å². The number of aliphatic hydroxyl groups is 1. The third-order valence-electron chi connectivity index (χ3n) is 3.59. The molecular formula is C18H24NO3+. The Morgan fingerprint density at radius 2 is 1.64 bits per heavy atom. The number of quaternary nitrogens is 1. The summed E-state index contributed by atoms with van der Waals surface area (Å²) >= 11 is 0. The summed E-state index contributed by atoms with van der Waals surface area (Å²) in [6.07, 6.45) is -0.506. The zero-order valence-electron chi connectivity index (χ0n) is 13.1. The number of methoxy groups -OCH3 is 1. The highest BCUT2D eigenvalue weighted by molar-refractivity contribution is 5.31. The van der Waals surface area contributed by atoms with Crippen LogP contribution in [0, 0.1) is 0 Å². The monoisotopic (exact) mass is 302 g/mol. The van der Waals surface area contributed by atoms with Crippen molar-refractivity contribution in [1.82, 2.24) is 0 Å². The number of benzene rings is 2. The normalized spacial score (nSPS) is 13.4. The number of nitrogens with two attached hydrogens (primary N) is 1.